The highest BCUT2D eigenvalue weighted by atomic mass is 35.5. The summed E-state index contributed by atoms with van der Waals surface area (Å²) in [6, 6.07) is 14.0. The molecule has 4 rings (SSSR count). The Kier molecular flexibility index (Phi) is 5.12. The van der Waals surface area contributed by atoms with Gasteiger partial charge in [0, 0.05) is 16.4 Å². The Morgan fingerprint density at radius 2 is 1.68 bits per heavy atom. The molecule has 1 aromatic heterocycles. The summed E-state index contributed by atoms with van der Waals surface area (Å²) in [4.78, 5) is 38.7. The van der Waals surface area contributed by atoms with Gasteiger partial charge in [0.25, 0.3) is 11.8 Å². The van der Waals surface area contributed by atoms with Gasteiger partial charge in [0.05, 0.1) is 11.4 Å². The molecular formula is C23H18ClN3O4. The van der Waals surface area contributed by atoms with Crippen LogP contribution in [0.1, 0.15) is 17.0 Å². The molecule has 2 aromatic carbocycles. The van der Waals surface area contributed by atoms with Crippen molar-refractivity contribution in [2.24, 2.45) is 0 Å². The number of hydrogen-bond donors (Lipinski definition) is 2. The first-order valence-corrected chi connectivity index (χ1v) is 9.80. The molecule has 156 valence electrons. The maximum atomic E-state index is 13.1. The molecule has 1 aliphatic rings. The fourth-order valence-corrected chi connectivity index (χ4v) is 3.72. The van der Waals surface area contributed by atoms with Crippen LogP contribution in [0.5, 0.6) is 5.75 Å². The van der Waals surface area contributed by atoms with Gasteiger partial charge < -0.3 is 9.67 Å². The highest BCUT2D eigenvalue weighted by Crippen LogP contribution is 2.29. The van der Waals surface area contributed by atoms with Crippen molar-refractivity contribution in [1.82, 2.24) is 9.88 Å². The number of carbonyl (C=O) groups excluding carboxylic acids is 3. The van der Waals surface area contributed by atoms with Crippen LogP contribution in [0, 0.1) is 13.8 Å². The van der Waals surface area contributed by atoms with Gasteiger partial charge in [-0.3, -0.25) is 14.9 Å². The van der Waals surface area contributed by atoms with Crippen molar-refractivity contribution in [2.45, 2.75) is 13.8 Å². The van der Waals surface area contributed by atoms with Crippen molar-refractivity contribution in [3.63, 3.8) is 0 Å². The predicted molar refractivity (Wildman–Crippen MR) is 117 cm³/mol. The summed E-state index contributed by atoms with van der Waals surface area (Å²) >= 11 is 5.89. The fourth-order valence-electron chi connectivity index (χ4n) is 3.60. The molecule has 31 heavy (non-hydrogen) atoms. The minimum absolute atomic E-state index is 0.106. The Labute approximate surface area is 183 Å². The summed E-state index contributed by atoms with van der Waals surface area (Å²) < 4.78 is 1.83. The first kappa shape index (κ1) is 20.4. The molecule has 1 saturated heterocycles. The molecule has 0 spiro atoms. The van der Waals surface area contributed by atoms with Crippen molar-refractivity contribution in [1.29, 1.82) is 0 Å². The molecule has 0 bridgehead atoms. The Morgan fingerprint density at radius 3 is 2.35 bits per heavy atom. The van der Waals surface area contributed by atoms with Crippen LogP contribution in [0.15, 0.2) is 60.2 Å². The quantitative estimate of drug-likeness (QED) is 0.478. The number of aromatic nitrogens is 1. The van der Waals surface area contributed by atoms with Crippen LogP contribution in [0.3, 0.4) is 0 Å². The van der Waals surface area contributed by atoms with Crippen LogP contribution in [-0.4, -0.2) is 27.5 Å². The van der Waals surface area contributed by atoms with E-state index in [2.05, 4.69) is 5.32 Å². The number of halogens is 1. The Morgan fingerprint density at radius 1 is 1.00 bits per heavy atom. The van der Waals surface area contributed by atoms with Gasteiger partial charge in [-0.1, -0.05) is 23.7 Å². The molecule has 2 heterocycles. The van der Waals surface area contributed by atoms with Gasteiger partial charge in [0.15, 0.2) is 0 Å². The molecule has 3 aromatic rings. The first-order valence-electron chi connectivity index (χ1n) is 9.42. The number of phenolic OH excluding ortho intramolecular Hbond substituents is 1. The SMILES string of the molecule is Cc1cc(/C=C2/C(=O)NC(=O)N(c3ccc(Cl)cc3)C2=O)c(C)n1-c1ccccc1O. The summed E-state index contributed by atoms with van der Waals surface area (Å²) in [6.45, 7) is 3.67. The maximum absolute atomic E-state index is 13.1. The van der Waals surface area contributed by atoms with E-state index in [1.807, 2.05) is 18.4 Å². The lowest BCUT2D eigenvalue weighted by molar-refractivity contribution is -0.122. The number of carbonyl (C=O) groups is 3. The number of urea groups is 1. The Balaban J connectivity index is 1.77. The van der Waals surface area contributed by atoms with Crippen LogP contribution >= 0.6 is 11.6 Å². The number of nitrogens with zero attached hydrogens (tertiary/aromatic N) is 2. The minimum atomic E-state index is -0.825. The largest absolute Gasteiger partial charge is 0.506 e. The molecule has 4 amide bonds. The monoisotopic (exact) mass is 435 g/mol. The highest BCUT2D eigenvalue weighted by molar-refractivity contribution is 6.39. The van der Waals surface area contributed by atoms with E-state index in [-0.39, 0.29) is 11.3 Å². The number of amides is 4. The van der Waals surface area contributed by atoms with Gasteiger partial charge in [0.2, 0.25) is 0 Å². The molecule has 8 heteroatoms. The van der Waals surface area contributed by atoms with Crippen LogP contribution in [0.4, 0.5) is 10.5 Å². The van der Waals surface area contributed by atoms with Crippen molar-refractivity contribution in [3.8, 4) is 11.4 Å². The number of benzene rings is 2. The predicted octanol–water partition coefficient (Wildman–Crippen LogP) is 4.12. The smallest absolute Gasteiger partial charge is 0.335 e. The van der Waals surface area contributed by atoms with Crippen LogP contribution in [0.25, 0.3) is 11.8 Å². The zero-order valence-corrected chi connectivity index (χ0v) is 17.5. The standard InChI is InChI=1S/C23H18ClN3O4/c1-13-11-15(14(2)26(13)19-5-3-4-6-20(19)28)12-18-21(29)25-23(31)27(22(18)30)17-9-7-16(24)8-10-17/h3-12,28H,1-2H3,(H,25,29,31)/b18-12-. The Bertz CT molecular complexity index is 1260. The number of rotatable bonds is 3. The lowest BCUT2D eigenvalue weighted by Crippen LogP contribution is -2.54. The molecule has 0 saturated carbocycles. The molecule has 7 nitrogen and oxygen atoms in total. The third-order valence-electron chi connectivity index (χ3n) is 5.08. The lowest BCUT2D eigenvalue weighted by Gasteiger charge is -2.26. The highest BCUT2D eigenvalue weighted by Gasteiger charge is 2.37. The molecule has 2 N–H and O–H groups in total. The third-order valence-corrected chi connectivity index (χ3v) is 5.33. The second kappa shape index (κ2) is 7.77. The molecule has 0 radical (unpaired) electrons. The average Bonchev–Trinajstić information content (AvgIpc) is 3.00. The lowest BCUT2D eigenvalue weighted by atomic mass is 10.1. The van der Waals surface area contributed by atoms with Crippen LogP contribution in [0.2, 0.25) is 5.02 Å². The zero-order valence-electron chi connectivity index (χ0n) is 16.7. The van der Waals surface area contributed by atoms with Gasteiger partial charge in [-0.15, -0.1) is 0 Å². The van der Waals surface area contributed by atoms with Gasteiger partial charge in [-0.25, -0.2) is 9.69 Å². The number of phenols is 1. The number of aromatic hydroxyl groups is 1. The Hall–Kier alpha value is -3.84. The van der Waals surface area contributed by atoms with E-state index in [0.29, 0.717) is 22.0 Å². The van der Waals surface area contributed by atoms with Crippen molar-refractivity contribution in [3.05, 3.63) is 82.1 Å². The number of para-hydroxylation sites is 2. The number of nitrogens with one attached hydrogen (secondary N) is 1. The van der Waals surface area contributed by atoms with Crippen molar-refractivity contribution >= 4 is 41.2 Å². The molecule has 0 atom stereocenters. The number of aryl methyl sites for hydroxylation is 1. The fraction of sp³-hybridized carbons (Fsp3) is 0.0870. The second-order valence-electron chi connectivity index (χ2n) is 7.08. The number of hydrogen-bond acceptors (Lipinski definition) is 4. The van der Waals surface area contributed by atoms with E-state index in [1.165, 1.54) is 18.2 Å². The van der Waals surface area contributed by atoms with Gasteiger partial charge in [-0.2, -0.15) is 0 Å². The number of barbiturate groups is 1. The van der Waals surface area contributed by atoms with Gasteiger partial charge in [-0.05, 0) is 68.0 Å². The summed E-state index contributed by atoms with van der Waals surface area (Å²) in [5.74, 6) is -1.40. The topological polar surface area (TPSA) is 91.6 Å². The van der Waals surface area contributed by atoms with E-state index in [4.69, 9.17) is 11.6 Å². The van der Waals surface area contributed by atoms with Gasteiger partial charge >= 0.3 is 6.03 Å². The molecule has 1 fully saturated rings. The molecule has 0 unspecified atom stereocenters. The van der Waals surface area contributed by atoms with Crippen molar-refractivity contribution in [2.75, 3.05) is 4.90 Å². The maximum Gasteiger partial charge on any atom is 0.335 e. The summed E-state index contributed by atoms with van der Waals surface area (Å²) in [6.07, 6.45) is 1.45. The minimum Gasteiger partial charge on any atom is -0.506 e. The number of imide groups is 2. The summed E-state index contributed by atoms with van der Waals surface area (Å²) in [5, 5.41) is 12.9. The van der Waals surface area contributed by atoms with Crippen molar-refractivity contribution < 1.29 is 19.5 Å². The van der Waals surface area contributed by atoms with Crippen LogP contribution < -0.4 is 10.2 Å². The normalized spacial score (nSPS) is 15.5. The molecular weight excluding hydrogens is 418 g/mol. The van der Waals surface area contributed by atoms with E-state index in [9.17, 15) is 19.5 Å². The average molecular weight is 436 g/mol. The number of anilines is 1. The molecule has 0 aliphatic carbocycles. The third kappa shape index (κ3) is 3.60. The van der Waals surface area contributed by atoms with E-state index >= 15 is 0 Å². The zero-order chi connectivity index (χ0) is 22.3. The van der Waals surface area contributed by atoms with E-state index < -0.39 is 17.8 Å². The second-order valence-corrected chi connectivity index (χ2v) is 7.52. The van der Waals surface area contributed by atoms with Crippen LogP contribution in [-0.2, 0) is 9.59 Å². The van der Waals surface area contributed by atoms with E-state index in [0.717, 1.165) is 16.3 Å². The summed E-state index contributed by atoms with van der Waals surface area (Å²) in [5.41, 5.74) is 2.85. The van der Waals surface area contributed by atoms with E-state index in [1.54, 1.807) is 42.5 Å². The van der Waals surface area contributed by atoms with Gasteiger partial charge in [0.1, 0.15) is 11.3 Å². The molecule has 1 aliphatic heterocycles. The summed E-state index contributed by atoms with van der Waals surface area (Å²) in [7, 11) is 0. The first-order chi connectivity index (χ1) is 14.8.